The zero-order valence-electron chi connectivity index (χ0n) is 19.5. The van der Waals surface area contributed by atoms with Gasteiger partial charge in [-0.2, -0.15) is 0 Å². The number of amides is 3. The second-order valence-corrected chi connectivity index (χ2v) is 7.86. The lowest BCUT2D eigenvalue weighted by Crippen LogP contribution is -2.25. The molecule has 3 amide bonds. The standard InChI is InChI=1S/C30H25N3O3/c1-2-20-31-29(34)26-21-25(33-30(35)32-24-16-10-5-11-17-24)18-19-27(26)36-28(22-12-6-3-7-13-22)23-14-8-4-9-15-23/h1,3-19,21,28H,20H2,(H,31,34)(H2,32,33,35). The SMILES string of the molecule is C#CCNC(=O)c1cc(NC(=O)Nc2ccccc2)ccc1OC(c1ccccc1)c1ccccc1. The van der Waals surface area contributed by atoms with E-state index in [4.69, 9.17) is 11.2 Å². The molecule has 178 valence electrons. The van der Waals surface area contributed by atoms with Gasteiger partial charge in [-0.1, -0.05) is 84.8 Å². The molecule has 0 saturated heterocycles. The van der Waals surface area contributed by atoms with Crippen molar-refractivity contribution in [2.75, 3.05) is 17.2 Å². The Hall–Kier alpha value is -5.02. The van der Waals surface area contributed by atoms with Crippen LogP contribution in [0.25, 0.3) is 0 Å². The number of ether oxygens (including phenoxy) is 1. The van der Waals surface area contributed by atoms with Gasteiger partial charge >= 0.3 is 6.03 Å². The van der Waals surface area contributed by atoms with Gasteiger partial charge in [0.1, 0.15) is 11.9 Å². The van der Waals surface area contributed by atoms with E-state index in [1.165, 1.54) is 0 Å². The molecule has 0 aliphatic rings. The van der Waals surface area contributed by atoms with Crippen molar-refractivity contribution < 1.29 is 14.3 Å². The third-order valence-electron chi connectivity index (χ3n) is 5.31. The van der Waals surface area contributed by atoms with Crippen molar-refractivity contribution >= 4 is 23.3 Å². The molecule has 4 aromatic rings. The maximum atomic E-state index is 13.0. The van der Waals surface area contributed by atoms with Crippen LogP contribution in [-0.2, 0) is 0 Å². The van der Waals surface area contributed by atoms with E-state index in [2.05, 4.69) is 21.9 Å². The highest BCUT2D eigenvalue weighted by molar-refractivity contribution is 6.02. The van der Waals surface area contributed by atoms with E-state index in [1.54, 1.807) is 30.3 Å². The monoisotopic (exact) mass is 475 g/mol. The minimum atomic E-state index is -0.452. The number of terminal acetylenes is 1. The maximum Gasteiger partial charge on any atom is 0.323 e. The van der Waals surface area contributed by atoms with Crippen LogP contribution < -0.4 is 20.7 Å². The molecule has 6 heteroatoms. The smallest absolute Gasteiger partial charge is 0.323 e. The molecule has 0 heterocycles. The van der Waals surface area contributed by atoms with Gasteiger partial charge in [-0.3, -0.25) is 4.79 Å². The van der Waals surface area contributed by atoms with Crippen molar-refractivity contribution in [2.24, 2.45) is 0 Å². The van der Waals surface area contributed by atoms with Gasteiger partial charge in [0.25, 0.3) is 5.91 Å². The number of benzene rings is 4. The van der Waals surface area contributed by atoms with Gasteiger partial charge in [-0.05, 0) is 41.5 Å². The fourth-order valence-electron chi connectivity index (χ4n) is 3.64. The molecule has 6 nitrogen and oxygen atoms in total. The lowest BCUT2D eigenvalue weighted by atomic mass is 10.0. The summed E-state index contributed by atoms with van der Waals surface area (Å²) in [5.41, 5.74) is 3.19. The first-order chi connectivity index (χ1) is 17.6. The van der Waals surface area contributed by atoms with Gasteiger partial charge in [-0.15, -0.1) is 6.42 Å². The summed E-state index contributed by atoms with van der Waals surface area (Å²) in [5, 5.41) is 8.19. The number of anilines is 2. The zero-order chi connectivity index (χ0) is 25.2. The molecule has 4 rings (SSSR count). The Balaban J connectivity index is 1.64. The van der Waals surface area contributed by atoms with Gasteiger partial charge < -0.3 is 20.7 Å². The van der Waals surface area contributed by atoms with Gasteiger partial charge in [0, 0.05) is 11.4 Å². The molecular formula is C30H25N3O3. The Morgan fingerprint density at radius 3 is 1.89 bits per heavy atom. The first-order valence-electron chi connectivity index (χ1n) is 11.4. The van der Waals surface area contributed by atoms with Crippen molar-refractivity contribution in [1.29, 1.82) is 0 Å². The van der Waals surface area contributed by atoms with Crippen LogP contribution in [0.4, 0.5) is 16.2 Å². The van der Waals surface area contributed by atoms with E-state index in [0.717, 1.165) is 11.1 Å². The average molecular weight is 476 g/mol. The number of rotatable bonds is 8. The highest BCUT2D eigenvalue weighted by Crippen LogP contribution is 2.32. The summed E-state index contributed by atoms with van der Waals surface area (Å²) < 4.78 is 6.43. The third kappa shape index (κ3) is 6.31. The zero-order valence-corrected chi connectivity index (χ0v) is 19.5. The quantitative estimate of drug-likeness (QED) is 0.279. The van der Waals surface area contributed by atoms with Crippen molar-refractivity contribution in [3.05, 3.63) is 126 Å². The Labute approximate surface area is 210 Å². The topological polar surface area (TPSA) is 79.5 Å². The van der Waals surface area contributed by atoms with Crippen molar-refractivity contribution in [2.45, 2.75) is 6.10 Å². The molecular weight excluding hydrogens is 450 g/mol. The summed E-state index contributed by atoms with van der Waals surface area (Å²) in [5.74, 6) is 2.35. The van der Waals surface area contributed by atoms with Crippen LogP contribution >= 0.6 is 0 Å². The van der Waals surface area contributed by atoms with E-state index >= 15 is 0 Å². The molecule has 0 spiro atoms. The molecule has 36 heavy (non-hydrogen) atoms. The molecule has 0 atom stereocenters. The van der Waals surface area contributed by atoms with Crippen molar-refractivity contribution in [3.63, 3.8) is 0 Å². The first kappa shape index (κ1) is 24.1. The van der Waals surface area contributed by atoms with E-state index in [0.29, 0.717) is 17.1 Å². The molecule has 0 fully saturated rings. The van der Waals surface area contributed by atoms with Gasteiger partial charge in [0.05, 0.1) is 12.1 Å². The van der Waals surface area contributed by atoms with Crippen LogP contribution in [0.15, 0.2) is 109 Å². The van der Waals surface area contributed by atoms with Gasteiger partial charge in [0.15, 0.2) is 0 Å². The summed E-state index contributed by atoms with van der Waals surface area (Å²) in [6, 6.07) is 33.1. The highest BCUT2D eigenvalue weighted by Gasteiger charge is 2.21. The second kappa shape index (κ2) is 11.9. The van der Waals surface area contributed by atoms with Crippen molar-refractivity contribution in [3.8, 4) is 18.1 Å². The lowest BCUT2D eigenvalue weighted by molar-refractivity contribution is 0.0952. The number of hydrogen-bond donors (Lipinski definition) is 3. The summed E-state index contributed by atoms with van der Waals surface area (Å²) in [4.78, 5) is 25.5. The summed E-state index contributed by atoms with van der Waals surface area (Å²) in [7, 11) is 0. The minimum Gasteiger partial charge on any atom is -0.480 e. The predicted molar refractivity (Wildman–Crippen MR) is 142 cm³/mol. The summed E-state index contributed by atoms with van der Waals surface area (Å²) in [6.45, 7) is 0.0607. The Kier molecular flexibility index (Phi) is 7.98. The summed E-state index contributed by atoms with van der Waals surface area (Å²) >= 11 is 0. The number of carbonyl (C=O) groups is 2. The number of hydrogen-bond acceptors (Lipinski definition) is 3. The molecule has 0 aliphatic heterocycles. The molecule has 4 aromatic carbocycles. The molecule has 0 radical (unpaired) electrons. The van der Waals surface area contributed by atoms with E-state index in [9.17, 15) is 9.59 Å². The number of nitrogens with one attached hydrogen (secondary N) is 3. The van der Waals surface area contributed by atoms with E-state index in [1.807, 2.05) is 78.9 Å². The fourth-order valence-corrected chi connectivity index (χ4v) is 3.64. The normalized spacial score (nSPS) is 10.2. The van der Waals surface area contributed by atoms with Crippen LogP contribution in [0.3, 0.4) is 0 Å². The Morgan fingerprint density at radius 1 is 0.750 bits per heavy atom. The minimum absolute atomic E-state index is 0.0607. The Bertz CT molecular complexity index is 1310. The molecule has 0 bridgehead atoms. The largest absolute Gasteiger partial charge is 0.480 e. The predicted octanol–water partition coefficient (Wildman–Crippen LogP) is 5.86. The molecule has 3 N–H and O–H groups in total. The molecule has 0 unspecified atom stereocenters. The number of para-hydroxylation sites is 1. The van der Waals surface area contributed by atoms with E-state index in [-0.39, 0.29) is 12.1 Å². The number of carbonyl (C=O) groups excluding carboxylic acids is 2. The molecule has 0 aliphatic carbocycles. The van der Waals surface area contributed by atoms with Gasteiger partial charge in [-0.25, -0.2) is 4.79 Å². The highest BCUT2D eigenvalue weighted by atomic mass is 16.5. The van der Waals surface area contributed by atoms with Crippen LogP contribution in [0.5, 0.6) is 5.75 Å². The molecule has 0 aromatic heterocycles. The van der Waals surface area contributed by atoms with E-state index < -0.39 is 18.0 Å². The second-order valence-electron chi connectivity index (χ2n) is 7.86. The lowest BCUT2D eigenvalue weighted by Gasteiger charge is -2.22. The average Bonchev–Trinajstić information content (AvgIpc) is 2.92. The van der Waals surface area contributed by atoms with Crippen LogP contribution in [-0.4, -0.2) is 18.5 Å². The van der Waals surface area contributed by atoms with Crippen LogP contribution in [0, 0.1) is 12.3 Å². The number of urea groups is 1. The molecule has 0 saturated carbocycles. The van der Waals surface area contributed by atoms with Crippen LogP contribution in [0.1, 0.15) is 27.6 Å². The van der Waals surface area contributed by atoms with Crippen LogP contribution in [0.2, 0.25) is 0 Å². The fraction of sp³-hybridized carbons (Fsp3) is 0.0667. The maximum absolute atomic E-state index is 13.0. The summed E-state index contributed by atoms with van der Waals surface area (Å²) in [6.07, 6.45) is 4.88. The Morgan fingerprint density at radius 2 is 1.31 bits per heavy atom. The third-order valence-corrected chi connectivity index (χ3v) is 5.31. The van der Waals surface area contributed by atoms with Gasteiger partial charge in [0.2, 0.25) is 0 Å². The first-order valence-corrected chi connectivity index (χ1v) is 11.4. The van der Waals surface area contributed by atoms with Crippen molar-refractivity contribution in [1.82, 2.24) is 5.32 Å².